The molecule has 2 aromatic carbocycles. The summed E-state index contributed by atoms with van der Waals surface area (Å²) in [6, 6.07) is 18.9. The van der Waals surface area contributed by atoms with Crippen LogP contribution >= 0.6 is 11.6 Å². The van der Waals surface area contributed by atoms with E-state index in [1.807, 2.05) is 47.4 Å². The lowest BCUT2D eigenvalue weighted by molar-refractivity contribution is -0.120. The Balaban J connectivity index is 0.690. The zero-order chi connectivity index (χ0) is 46.2. The van der Waals surface area contributed by atoms with E-state index in [1.165, 1.54) is 10.6 Å². The third-order valence-corrected chi connectivity index (χ3v) is 14.6. The number of pyridine rings is 1. The van der Waals surface area contributed by atoms with Crippen LogP contribution in [0.4, 0.5) is 27.8 Å². The van der Waals surface area contributed by atoms with Crippen LogP contribution in [0.1, 0.15) is 67.9 Å². The first-order valence-corrected chi connectivity index (χ1v) is 24.0. The van der Waals surface area contributed by atoms with E-state index < -0.39 is 11.6 Å². The molecule has 0 spiro atoms. The molecule has 3 aromatic heterocycles. The van der Waals surface area contributed by atoms with Crippen molar-refractivity contribution in [3.05, 3.63) is 106 Å². The van der Waals surface area contributed by atoms with Gasteiger partial charge in [0.15, 0.2) is 11.5 Å². The normalized spacial score (nSPS) is 22.0. The molecule has 4 fully saturated rings. The first-order chi connectivity index (χ1) is 32.5. The summed E-state index contributed by atoms with van der Waals surface area (Å²) < 4.78 is 3.33. The highest BCUT2D eigenvalue weighted by molar-refractivity contribution is 6.34. The minimum atomic E-state index is -1.12. The van der Waals surface area contributed by atoms with Crippen molar-refractivity contribution < 1.29 is 19.5 Å². The number of urea groups is 1. The topological polar surface area (TPSA) is 177 Å². The number of rotatable bonds is 8. The van der Waals surface area contributed by atoms with E-state index in [9.17, 15) is 24.3 Å². The number of halogens is 1. The highest BCUT2D eigenvalue weighted by Gasteiger charge is 2.32. The Morgan fingerprint density at radius 3 is 2.43 bits per heavy atom. The predicted octanol–water partition coefficient (Wildman–Crippen LogP) is 5.52. The maximum atomic E-state index is 13.6. The smallest absolute Gasteiger partial charge is 0.328 e. The minimum Gasteiger partial charge on any atom is -0.384 e. The third-order valence-electron chi connectivity index (χ3n) is 14.3. The number of piperazine rings is 1. The predicted molar refractivity (Wildman–Crippen MR) is 257 cm³/mol. The van der Waals surface area contributed by atoms with E-state index >= 15 is 0 Å². The van der Waals surface area contributed by atoms with Gasteiger partial charge >= 0.3 is 6.03 Å². The van der Waals surface area contributed by atoms with Gasteiger partial charge in [-0.2, -0.15) is 4.98 Å². The molecule has 1 atom stereocenters. The lowest BCUT2D eigenvalue weighted by Gasteiger charge is -2.44. The third kappa shape index (κ3) is 9.42. The van der Waals surface area contributed by atoms with Gasteiger partial charge in [-0.25, -0.2) is 24.1 Å². The largest absolute Gasteiger partial charge is 0.384 e. The van der Waals surface area contributed by atoms with Gasteiger partial charge in [0.2, 0.25) is 11.9 Å². The Morgan fingerprint density at radius 2 is 1.67 bits per heavy atom. The van der Waals surface area contributed by atoms with Gasteiger partial charge in [-0.05, 0) is 119 Å². The molecule has 0 saturated carbocycles. The number of carbonyl (C=O) groups is 3. The van der Waals surface area contributed by atoms with Crippen LogP contribution in [0, 0.1) is 5.92 Å². The number of benzene rings is 2. The van der Waals surface area contributed by atoms with Gasteiger partial charge < -0.3 is 25.1 Å². The quantitative estimate of drug-likeness (QED) is 0.167. The zero-order valence-corrected chi connectivity index (χ0v) is 38.6. The van der Waals surface area contributed by atoms with Crippen LogP contribution in [-0.4, -0.2) is 133 Å². The average Bonchev–Trinajstić information content (AvgIpc) is 3.61. The number of nitrogens with one attached hydrogen (secondary N) is 2. The number of anilines is 4. The van der Waals surface area contributed by atoms with Crippen LogP contribution in [-0.2, 0) is 16.9 Å². The van der Waals surface area contributed by atoms with Crippen LogP contribution in [0.25, 0.3) is 16.9 Å². The molecular formula is C49H57ClN12O5. The number of nitrogens with zero attached hydrogens (tertiary/aromatic N) is 10. The molecule has 0 radical (unpaired) electrons. The van der Waals surface area contributed by atoms with Crippen molar-refractivity contribution in [2.24, 2.45) is 5.92 Å². The number of likely N-dealkylation sites (tertiary alicyclic amines) is 2. The summed E-state index contributed by atoms with van der Waals surface area (Å²) in [5.74, 6) is 1.03. The van der Waals surface area contributed by atoms with E-state index in [1.54, 1.807) is 40.7 Å². The van der Waals surface area contributed by atoms with Gasteiger partial charge in [-0.15, -0.1) is 0 Å². The summed E-state index contributed by atoms with van der Waals surface area (Å²) in [6.07, 6.45) is 11.1. The molecule has 0 aliphatic carbocycles. The number of amides is 4. The van der Waals surface area contributed by atoms with Gasteiger partial charge in [0, 0.05) is 88.0 Å². The minimum absolute atomic E-state index is 0.0612. The number of imide groups is 1. The fourth-order valence-electron chi connectivity index (χ4n) is 10.3. The highest BCUT2D eigenvalue weighted by Crippen LogP contribution is 2.32. The Hall–Kier alpha value is -6.14. The second-order valence-electron chi connectivity index (χ2n) is 18.7. The molecule has 350 valence electrons. The summed E-state index contributed by atoms with van der Waals surface area (Å²) in [7, 11) is 0. The molecule has 5 aliphatic rings. The monoisotopic (exact) mass is 928 g/mol. The molecule has 4 saturated heterocycles. The molecule has 2 bridgehead atoms. The van der Waals surface area contributed by atoms with Crippen molar-refractivity contribution in [3.63, 3.8) is 0 Å². The van der Waals surface area contributed by atoms with Crippen LogP contribution in [0.2, 0.25) is 5.02 Å². The zero-order valence-electron chi connectivity index (χ0n) is 37.8. The second kappa shape index (κ2) is 18.9. The molecular weight excluding hydrogens is 872 g/mol. The van der Waals surface area contributed by atoms with E-state index in [0.29, 0.717) is 89.2 Å². The molecule has 17 nitrogen and oxygen atoms in total. The number of allylic oxidation sites excluding steroid dienone is 2. The van der Waals surface area contributed by atoms with Gasteiger partial charge in [0.1, 0.15) is 11.0 Å². The first-order valence-electron chi connectivity index (χ1n) is 23.6. The molecule has 8 heterocycles. The number of hydrogen-bond acceptors (Lipinski definition) is 12. The van der Waals surface area contributed by atoms with E-state index in [0.717, 1.165) is 77.2 Å². The van der Waals surface area contributed by atoms with Gasteiger partial charge in [0.25, 0.3) is 11.5 Å². The summed E-state index contributed by atoms with van der Waals surface area (Å²) in [4.78, 5) is 76.5. The number of piperidine rings is 2. The van der Waals surface area contributed by atoms with E-state index in [-0.39, 0.29) is 30.3 Å². The average molecular weight is 930 g/mol. The van der Waals surface area contributed by atoms with E-state index in [2.05, 4.69) is 42.5 Å². The van der Waals surface area contributed by atoms with E-state index in [4.69, 9.17) is 21.6 Å². The van der Waals surface area contributed by atoms with Crippen molar-refractivity contribution >= 4 is 63.5 Å². The Morgan fingerprint density at radius 1 is 0.896 bits per heavy atom. The van der Waals surface area contributed by atoms with Crippen molar-refractivity contribution in [1.82, 2.24) is 44.3 Å². The van der Waals surface area contributed by atoms with Gasteiger partial charge in [-0.1, -0.05) is 29.8 Å². The molecule has 18 heteroatoms. The highest BCUT2D eigenvalue weighted by atomic mass is 35.5. The summed E-state index contributed by atoms with van der Waals surface area (Å²) in [6.45, 7) is 10.9. The second-order valence-corrected chi connectivity index (χ2v) is 19.1. The molecule has 3 N–H and O–H groups in total. The Labute approximate surface area is 394 Å². The Kier molecular flexibility index (Phi) is 12.6. The lowest BCUT2D eigenvalue weighted by Crippen LogP contribution is -2.53. The fourth-order valence-corrected chi connectivity index (χ4v) is 10.5. The number of carbonyl (C=O) groups excluding carboxylic acids is 3. The van der Waals surface area contributed by atoms with Crippen molar-refractivity contribution in [2.75, 3.05) is 80.6 Å². The Bertz CT molecular complexity index is 2750. The van der Waals surface area contributed by atoms with Crippen LogP contribution in [0.3, 0.4) is 0 Å². The van der Waals surface area contributed by atoms with Crippen LogP contribution in [0.15, 0.2) is 83.8 Å². The van der Waals surface area contributed by atoms with Crippen molar-refractivity contribution in [1.29, 1.82) is 0 Å². The summed E-state index contributed by atoms with van der Waals surface area (Å²) in [5.41, 5.74) is 2.59. The summed E-state index contributed by atoms with van der Waals surface area (Å²) in [5, 5.41) is 17.6. The number of hydrogen-bond donors (Lipinski definition) is 3. The summed E-state index contributed by atoms with van der Waals surface area (Å²) >= 11 is 6.43. The number of aromatic nitrogens is 5. The molecule has 4 amide bonds. The van der Waals surface area contributed by atoms with Gasteiger partial charge in [-0.3, -0.25) is 29.5 Å². The molecule has 5 aliphatic heterocycles. The SMILES string of the molecule is C[C@@]1(O)CC/C=C\Cn2c(=O)c3cnc(Nc4ccc(N5CCN(C6CCN(CC7CCN(C(=O)c8ccc(Cl)c(N9CCC(=O)NC9=O)c8)CC7)CC6)CC5)cc4)nc3n2-c2cccc1n2. The van der Waals surface area contributed by atoms with Crippen LogP contribution in [0.5, 0.6) is 0 Å². The van der Waals surface area contributed by atoms with Gasteiger partial charge in [0.05, 0.1) is 22.9 Å². The maximum absolute atomic E-state index is 13.6. The fraction of sp³-hybridized carbons (Fsp3) is 0.449. The molecule has 67 heavy (non-hydrogen) atoms. The number of fused-ring (bicyclic) bond motifs is 6. The number of aliphatic hydroxyl groups is 1. The maximum Gasteiger partial charge on any atom is 0.328 e. The lowest BCUT2D eigenvalue weighted by atomic mass is 9.94. The first kappa shape index (κ1) is 44.7. The molecule has 0 unspecified atom stereocenters. The molecule has 10 rings (SSSR count). The standard InChI is InChI=1S/C49H57ClN12O5/c1-49(67)19-3-2-4-20-61-46(65)38-31-51-47(55-44(38)62(61)42-7-5-6-41(49)53-42)52-35-9-11-36(12-10-35)57-26-28-58(29-27-57)37-16-21-56(22-17-37)32-33-14-23-59(24-15-33)45(64)34-8-13-39(50)40(30-34)60-25-18-43(63)54-48(60)66/h2,4-13,30-31,33,37,67H,3,14-29,32H2,1H3,(H,51,52,55)(H,54,63,66)/b4-2-/t49-/m1/s1. The van der Waals surface area contributed by atoms with Crippen molar-refractivity contribution in [2.45, 2.75) is 70.1 Å². The van der Waals surface area contributed by atoms with Crippen molar-refractivity contribution in [3.8, 4) is 5.82 Å². The molecule has 5 aromatic rings. The van der Waals surface area contributed by atoms with Crippen LogP contribution < -0.4 is 26.0 Å².